The van der Waals surface area contributed by atoms with Gasteiger partial charge in [-0.1, -0.05) is 57.8 Å². The summed E-state index contributed by atoms with van der Waals surface area (Å²) in [7, 11) is 0. The maximum Gasteiger partial charge on any atom is 0.223 e. The van der Waals surface area contributed by atoms with Gasteiger partial charge in [-0.3, -0.25) is 4.79 Å². The zero-order valence-corrected chi connectivity index (χ0v) is 15.9. The number of carbonyl (C=O) groups excluding carboxylic acids is 1. The fourth-order valence-electron chi connectivity index (χ4n) is 4.60. The van der Waals surface area contributed by atoms with Crippen LogP contribution >= 0.6 is 0 Å². The normalized spacial score (nSPS) is 29.9. The van der Waals surface area contributed by atoms with Gasteiger partial charge in [0, 0.05) is 18.0 Å². The Morgan fingerprint density at radius 3 is 1.79 bits per heavy atom. The minimum atomic E-state index is 0.245. The van der Waals surface area contributed by atoms with Gasteiger partial charge in [-0.15, -0.1) is 0 Å². The molecule has 0 aromatic rings. The third-order valence-corrected chi connectivity index (χ3v) is 6.32. The van der Waals surface area contributed by atoms with Crippen LogP contribution in [0.3, 0.4) is 0 Å². The average Bonchev–Trinajstić information content (AvgIpc) is 2.53. The van der Waals surface area contributed by atoms with Crippen LogP contribution in [0, 0.1) is 11.8 Å². The van der Waals surface area contributed by atoms with Crippen molar-refractivity contribution in [2.75, 3.05) is 0 Å². The fourth-order valence-corrected chi connectivity index (χ4v) is 4.60. The Hall–Kier alpha value is -0.570. The summed E-state index contributed by atoms with van der Waals surface area (Å²) in [5, 5.41) is 3.42. The van der Waals surface area contributed by atoms with E-state index in [9.17, 15) is 4.79 Å². The maximum atomic E-state index is 12.8. The second kappa shape index (κ2) is 11.1. The number of hydrogen-bond acceptors (Lipinski definition) is 2. The van der Waals surface area contributed by atoms with Crippen LogP contribution in [0.4, 0.5) is 0 Å². The molecule has 0 aromatic carbocycles. The SMILES string of the molecule is C[C@@H](N)C1CCCC(C(=O)NC2CCCCCCCCC2)CCC1. The molecule has 0 radical (unpaired) electrons. The number of amides is 1. The van der Waals surface area contributed by atoms with Gasteiger partial charge in [0.15, 0.2) is 0 Å². The van der Waals surface area contributed by atoms with E-state index in [0.717, 1.165) is 25.7 Å². The van der Waals surface area contributed by atoms with Crippen molar-refractivity contribution in [2.45, 2.75) is 115 Å². The Morgan fingerprint density at radius 1 is 0.792 bits per heavy atom. The standard InChI is InChI=1S/C21H40N2O/c1-17(22)18-11-9-13-19(14-10-12-18)21(24)23-20-15-7-5-3-2-4-6-8-16-20/h17-20H,2-16,22H2,1H3,(H,23,24)/t17-,18?,19?/m1/s1. The van der Waals surface area contributed by atoms with Crippen molar-refractivity contribution in [3.8, 4) is 0 Å². The Kier molecular flexibility index (Phi) is 9.15. The molecule has 1 atom stereocenters. The molecule has 1 amide bonds. The Morgan fingerprint density at radius 2 is 1.29 bits per heavy atom. The zero-order chi connectivity index (χ0) is 17.2. The minimum Gasteiger partial charge on any atom is -0.353 e. The zero-order valence-electron chi connectivity index (χ0n) is 15.9. The Labute approximate surface area is 149 Å². The molecule has 0 heterocycles. The highest BCUT2D eigenvalue weighted by molar-refractivity contribution is 5.78. The van der Waals surface area contributed by atoms with E-state index in [0.29, 0.717) is 23.9 Å². The van der Waals surface area contributed by atoms with E-state index in [1.807, 2.05) is 0 Å². The topological polar surface area (TPSA) is 55.1 Å². The molecule has 2 saturated carbocycles. The second-order valence-corrected chi connectivity index (χ2v) is 8.44. The predicted molar refractivity (Wildman–Crippen MR) is 102 cm³/mol. The van der Waals surface area contributed by atoms with E-state index < -0.39 is 0 Å². The summed E-state index contributed by atoms with van der Waals surface area (Å²) in [5.41, 5.74) is 6.08. The minimum absolute atomic E-state index is 0.245. The highest BCUT2D eigenvalue weighted by Crippen LogP contribution is 2.28. The highest BCUT2D eigenvalue weighted by Gasteiger charge is 2.25. The molecule has 140 valence electrons. The lowest BCUT2D eigenvalue weighted by molar-refractivity contribution is -0.126. The van der Waals surface area contributed by atoms with Crippen LogP contribution < -0.4 is 11.1 Å². The van der Waals surface area contributed by atoms with Crippen molar-refractivity contribution < 1.29 is 4.79 Å². The van der Waals surface area contributed by atoms with Crippen LogP contribution in [0.2, 0.25) is 0 Å². The van der Waals surface area contributed by atoms with Crippen molar-refractivity contribution >= 4 is 5.91 Å². The molecule has 3 N–H and O–H groups in total. The first kappa shape index (κ1) is 19.8. The van der Waals surface area contributed by atoms with E-state index in [2.05, 4.69) is 12.2 Å². The van der Waals surface area contributed by atoms with Crippen molar-refractivity contribution in [1.29, 1.82) is 0 Å². The quantitative estimate of drug-likeness (QED) is 0.768. The van der Waals surface area contributed by atoms with Crippen molar-refractivity contribution in [2.24, 2.45) is 17.6 Å². The van der Waals surface area contributed by atoms with Gasteiger partial charge in [0.2, 0.25) is 5.91 Å². The summed E-state index contributed by atoms with van der Waals surface area (Å²) in [5.74, 6) is 1.25. The monoisotopic (exact) mass is 336 g/mol. The molecule has 0 bridgehead atoms. The van der Waals surface area contributed by atoms with Crippen LogP contribution in [0.1, 0.15) is 103 Å². The number of nitrogens with two attached hydrogens (primary N) is 1. The first-order valence-electron chi connectivity index (χ1n) is 10.7. The largest absolute Gasteiger partial charge is 0.353 e. The van der Waals surface area contributed by atoms with Gasteiger partial charge in [-0.25, -0.2) is 0 Å². The summed E-state index contributed by atoms with van der Waals surface area (Å²) in [6.45, 7) is 2.13. The molecule has 0 aliphatic heterocycles. The van der Waals surface area contributed by atoms with Crippen molar-refractivity contribution in [3.05, 3.63) is 0 Å². The van der Waals surface area contributed by atoms with E-state index in [1.54, 1.807) is 0 Å². The third kappa shape index (κ3) is 7.13. The molecule has 3 heteroatoms. The summed E-state index contributed by atoms with van der Waals surface area (Å²) in [4.78, 5) is 12.8. The second-order valence-electron chi connectivity index (χ2n) is 8.44. The molecule has 24 heavy (non-hydrogen) atoms. The maximum absolute atomic E-state index is 12.8. The molecule has 0 unspecified atom stereocenters. The Balaban J connectivity index is 1.77. The molecule has 2 aliphatic carbocycles. The van der Waals surface area contributed by atoms with Gasteiger partial charge in [0.25, 0.3) is 0 Å². The number of rotatable bonds is 3. The van der Waals surface area contributed by atoms with Crippen molar-refractivity contribution in [3.63, 3.8) is 0 Å². The molecule has 0 aromatic heterocycles. The lowest BCUT2D eigenvalue weighted by Crippen LogP contribution is -2.39. The van der Waals surface area contributed by atoms with Gasteiger partial charge in [-0.2, -0.15) is 0 Å². The first-order valence-corrected chi connectivity index (χ1v) is 10.7. The molecule has 0 spiro atoms. The molecule has 2 aliphatic rings. The van der Waals surface area contributed by atoms with Crippen LogP contribution in [0.25, 0.3) is 0 Å². The first-order chi connectivity index (χ1) is 11.7. The highest BCUT2D eigenvalue weighted by atomic mass is 16.1. The van der Waals surface area contributed by atoms with E-state index >= 15 is 0 Å². The van der Waals surface area contributed by atoms with E-state index in [4.69, 9.17) is 5.73 Å². The fraction of sp³-hybridized carbons (Fsp3) is 0.952. The van der Waals surface area contributed by atoms with Gasteiger partial charge in [0.05, 0.1) is 0 Å². The summed E-state index contributed by atoms with van der Waals surface area (Å²) in [6, 6.07) is 0.733. The summed E-state index contributed by atoms with van der Waals surface area (Å²) < 4.78 is 0. The van der Waals surface area contributed by atoms with Gasteiger partial charge < -0.3 is 11.1 Å². The lowest BCUT2D eigenvalue weighted by atomic mass is 9.82. The summed E-state index contributed by atoms with van der Waals surface area (Å²) >= 11 is 0. The Bertz CT molecular complexity index is 336. The van der Waals surface area contributed by atoms with Crippen LogP contribution in [-0.4, -0.2) is 18.0 Å². The van der Waals surface area contributed by atoms with E-state index in [-0.39, 0.29) is 5.92 Å². The van der Waals surface area contributed by atoms with Crippen LogP contribution in [-0.2, 0) is 4.79 Å². The number of hydrogen-bond donors (Lipinski definition) is 2. The average molecular weight is 337 g/mol. The molecule has 2 rings (SSSR count). The predicted octanol–water partition coefficient (Wildman–Crippen LogP) is 4.93. The molecule has 0 saturated heterocycles. The number of carbonyl (C=O) groups is 1. The van der Waals surface area contributed by atoms with Gasteiger partial charge in [-0.05, 0) is 51.4 Å². The van der Waals surface area contributed by atoms with Gasteiger partial charge in [0.1, 0.15) is 0 Å². The molecule has 2 fully saturated rings. The molecule has 3 nitrogen and oxygen atoms in total. The van der Waals surface area contributed by atoms with E-state index in [1.165, 1.54) is 70.6 Å². The van der Waals surface area contributed by atoms with Crippen LogP contribution in [0.5, 0.6) is 0 Å². The van der Waals surface area contributed by atoms with Gasteiger partial charge >= 0.3 is 0 Å². The lowest BCUT2D eigenvalue weighted by Gasteiger charge is -2.28. The molecular formula is C21H40N2O. The summed E-state index contributed by atoms with van der Waals surface area (Å²) in [6.07, 6.45) is 18.6. The smallest absolute Gasteiger partial charge is 0.223 e. The van der Waals surface area contributed by atoms with Crippen molar-refractivity contribution in [1.82, 2.24) is 5.32 Å². The number of nitrogens with one attached hydrogen (secondary N) is 1. The third-order valence-electron chi connectivity index (χ3n) is 6.32. The molecular weight excluding hydrogens is 296 g/mol. The van der Waals surface area contributed by atoms with Crippen LogP contribution in [0.15, 0.2) is 0 Å².